The number of amides is 1. The number of esters is 2. The monoisotopic (exact) mass is 1160 g/mol. The molecule has 5 fully saturated rings. The van der Waals surface area contributed by atoms with Gasteiger partial charge in [-0.3, -0.25) is 9.59 Å². The summed E-state index contributed by atoms with van der Waals surface area (Å²) in [4.78, 5) is 43.3. The predicted octanol–water partition coefficient (Wildman–Crippen LogP) is 9.47. The van der Waals surface area contributed by atoms with E-state index in [1.807, 2.05) is 19.1 Å². The Hall–Kier alpha value is -3.69. The number of nitrogens with one attached hydrogen (secondary N) is 3. The summed E-state index contributed by atoms with van der Waals surface area (Å²) in [5.41, 5.74) is -0.355. The van der Waals surface area contributed by atoms with Crippen molar-refractivity contribution in [1.82, 2.24) is 16.0 Å². The molecule has 81 heavy (non-hydrogen) atoms. The summed E-state index contributed by atoms with van der Waals surface area (Å²) in [7, 11) is 3.27. The molecule has 2 aromatic carbocycles. The van der Waals surface area contributed by atoms with Gasteiger partial charge in [0.1, 0.15) is 23.5 Å². The first kappa shape index (κ1) is 60.4. The molecule has 14 nitrogen and oxygen atoms in total. The maximum absolute atomic E-state index is 15.8. The standard InChI is InChI=1S/C65H93N3O11S2/c1-40(2)30-43(31-42-13-16-47(71)17-14-42)35-67-52-37-80-81-39-62(4,76)34-45-11-9-10-44-32-50-51(63(38-69)23-7-8-24-63)36-77-60-54(73)21-19-49(58(50)60)59(44)64(26-28-66-29-27-64)56(33-55(78-41(3)70)48(45)18-20-53(52)72)79-61(75)65-25-6-5-12-46(65)15-22-57(74)68-65/h13-14,16-17,19,21,40,43-46,48,50-53,55-56,59,66-67,69,71-73,76H,5-8,11-12,15,18,20,22-39H2,1-4H3,(H,68,74)/t43-,44-,45+,46-,48-,50+,51+,52+,53+,55-,56+,59-,62-,65-/m0/s1. The maximum Gasteiger partial charge on any atom is 0.332 e. The SMILES string of the molecule is CC(=O)O[C@H]1C[C@@H](OC(=O)[C@]23CCCC[C@H]2CCC(=O)N3)C2(CCNCC2)[C@@H]2c3ccc(O)c4c3[C@H](C[C@@H]2C#CC[C@@H]2C[C@](C)(O)CSSC[C@@H](NC[C@H](Cc3ccc(O)cc3)CC(C)C)[C@H](O)CC[C@@H]21)[C@H](C1(CO)CCCC1)CO4. The molecule has 0 radical (unpaired) electrons. The summed E-state index contributed by atoms with van der Waals surface area (Å²) in [5, 5.41) is 68.9. The third kappa shape index (κ3) is 13.1. The lowest BCUT2D eigenvalue weighted by Gasteiger charge is -2.56. The minimum Gasteiger partial charge on any atom is -0.508 e. The number of aliphatic hydroxyl groups is 3. The third-order valence-corrected chi connectivity index (χ3v) is 23.7. The van der Waals surface area contributed by atoms with Crippen LogP contribution in [0.2, 0.25) is 0 Å². The molecule has 1 amide bonds. The van der Waals surface area contributed by atoms with Gasteiger partial charge in [-0.15, -0.1) is 5.92 Å². The summed E-state index contributed by atoms with van der Waals surface area (Å²) in [5.74, 6) is 7.76. The number of aromatic hydroxyl groups is 2. The van der Waals surface area contributed by atoms with E-state index in [1.54, 1.807) is 39.8 Å². The molecule has 0 unspecified atom stereocenters. The van der Waals surface area contributed by atoms with Crippen LogP contribution in [0.25, 0.3) is 0 Å². The van der Waals surface area contributed by atoms with Gasteiger partial charge in [-0.1, -0.05) is 85.2 Å². The second-order valence-corrected chi connectivity index (χ2v) is 29.5. The van der Waals surface area contributed by atoms with E-state index in [0.717, 1.165) is 74.5 Å². The Morgan fingerprint density at radius 3 is 2.44 bits per heavy atom. The summed E-state index contributed by atoms with van der Waals surface area (Å²) in [6, 6.07) is 10.9. The lowest BCUT2D eigenvalue weighted by atomic mass is 9.51. The van der Waals surface area contributed by atoms with Crippen LogP contribution in [0.1, 0.15) is 178 Å². The first-order valence-corrected chi connectivity index (χ1v) is 33.6. The number of carbonyl (C=O) groups is 3. The third-order valence-electron chi connectivity index (χ3n) is 21.1. The molecule has 446 valence electrons. The molecular formula is C65H93N3O11S2. The van der Waals surface area contributed by atoms with Crippen LogP contribution in [-0.2, 0) is 30.3 Å². The molecular weight excluding hydrogens is 1060 g/mol. The molecule has 4 aliphatic heterocycles. The number of piperidine rings is 2. The van der Waals surface area contributed by atoms with Crippen LogP contribution in [0, 0.1) is 64.1 Å². The Bertz CT molecular complexity index is 2580. The number of fused-ring (bicyclic) bond motifs is 5. The van der Waals surface area contributed by atoms with E-state index in [0.29, 0.717) is 114 Å². The largest absolute Gasteiger partial charge is 0.508 e. The zero-order chi connectivity index (χ0) is 57.1. The van der Waals surface area contributed by atoms with Crippen molar-refractivity contribution < 1.29 is 54.1 Å². The van der Waals surface area contributed by atoms with Crippen LogP contribution in [0.5, 0.6) is 17.2 Å². The Kier molecular flexibility index (Phi) is 19.3. The highest BCUT2D eigenvalue weighted by atomic mass is 33.1. The Balaban J connectivity index is 1.08. The molecule has 8 N–H and O–H groups in total. The second-order valence-electron chi connectivity index (χ2n) is 27.0. The van der Waals surface area contributed by atoms with Crippen LogP contribution >= 0.6 is 21.6 Å². The van der Waals surface area contributed by atoms with E-state index in [9.17, 15) is 35.1 Å². The van der Waals surface area contributed by atoms with Crippen molar-refractivity contribution in [2.24, 2.45) is 52.3 Å². The minimum atomic E-state index is -1.20. The second kappa shape index (κ2) is 25.9. The minimum absolute atomic E-state index is 0.0200. The lowest BCUT2D eigenvalue weighted by molar-refractivity contribution is -0.183. The van der Waals surface area contributed by atoms with Crippen LogP contribution in [0.4, 0.5) is 0 Å². The van der Waals surface area contributed by atoms with E-state index >= 15 is 4.79 Å². The van der Waals surface area contributed by atoms with Gasteiger partial charge in [0.15, 0.2) is 11.5 Å². The van der Waals surface area contributed by atoms with Gasteiger partial charge < -0.3 is 55.7 Å². The zero-order valence-corrected chi connectivity index (χ0v) is 50.2. The highest BCUT2D eigenvalue weighted by Gasteiger charge is 2.60. The van der Waals surface area contributed by atoms with E-state index < -0.39 is 52.7 Å². The van der Waals surface area contributed by atoms with Crippen molar-refractivity contribution in [3.63, 3.8) is 0 Å². The van der Waals surface area contributed by atoms with Crippen molar-refractivity contribution in [2.75, 3.05) is 44.4 Å². The fraction of sp³-hybridized carbons (Fsp3) is 0.738. The molecule has 2 saturated carbocycles. The van der Waals surface area contributed by atoms with Gasteiger partial charge in [-0.25, -0.2) is 4.79 Å². The first-order chi connectivity index (χ1) is 38.9. The van der Waals surface area contributed by atoms with E-state index in [4.69, 9.17) is 14.2 Å². The number of carbonyl (C=O) groups excluding carboxylic acids is 3. The number of hydrogen-bond donors (Lipinski definition) is 8. The normalized spacial score (nSPS) is 35.2. The van der Waals surface area contributed by atoms with Gasteiger partial charge in [0.05, 0.1) is 18.3 Å². The molecule has 4 aliphatic carbocycles. The van der Waals surface area contributed by atoms with Crippen molar-refractivity contribution >= 4 is 39.4 Å². The molecule has 1 spiro atoms. The lowest BCUT2D eigenvalue weighted by Crippen LogP contribution is -2.65. The number of ether oxygens (including phenoxy) is 3. The zero-order valence-electron chi connectivity index (χ0n) is 48.6. The number of rotatable bonds is 12. The van der Waals surface area contributed by atoms with Crippen LogP contribution in [0.3, 0.4) is 0 Å². The van der Waals surface area contributed by atoms with Gasteiger partial charge in [-0.2, -0.15) is 0 Å². The predicted molar refractivity (Wildman–Crippen MR) is 317 cm³/mol. The molecule has 0 bridgehead atoms. The number of phenols is 2. The van der Waals surface area contributed by atoms with Gasteiger partial charge in [0.2, 0.25) is 5.91 Å². The highest BCUT2D eigenvalue weighted by Crippen LogP contribution is 2.65. The number of benzene rings is 2. The Labute approximate surface area is 489 Å². The number of aliphatic hydroxyl groups excluding tert-OH is 2. The van der Waals surface area contributed by atoms with Crippen LogP contribution in [0.15, 0.2) is 36.4 Å². The van der Waals surface area contributed by atoms with Crippen LogP contribution < -0.4 is 20.7 Å². The molecule has 14 atom stereocenters. The topological polar surface area (TPSA) is 216 Å². The summed E-state index contributed by atoms with van der Waals surface area (Å²) in [6.07, 6.45) is 10.8. The molecule has 4 heterocycles. The van der Waals surface area contributed by atoms with Crippen molar-refractivity contribution in [3.05, 3.63) is 53.1 Å². The van der Waals surface area contributed by atoms with Gasteiger partial charge >= 0.3 is 11.9 Å². The van der Waals surface area contributed by atoms with Crippen molar-refractivity contribution in [1.29, 1.82) is 0 Å². The quantitative estimate of drug-likeness (QED) is 0.0564. The van der Waals surface area contributed by atoms with Gasteiger partial charge in [-0.05, 0) is 169 Å². The average Bonchev–Trinajstić information content (AvgIpc) is 3.64. The fourth-order valence-corrected chi connectivity index (χ4v) is 20.0. The van der Waals surface area contributed by atoms with Gasteiger partial charge in [0.25, 0.3) is 0 Å². The fourth-order valence-electron chi connectivity index (χ4n) is 17.2. The molecule has 10 rings (SSSR count). The molecule has 8 aliphatic rings. The number of phenolic OH excluding ortho intramolecular Hbond substituents is 2. The molecule has 0 aromatic heterocycles. The maximum atomic E-state index is 15.8. The highest BCUT2D eigenvalue weighted by molar-refractivity contribution is 8.76. The van der Waals surface area contributed by atoms with Crippen molar-refractivity contribution in [3.8, 4) is 29.1 Å². The molecule has 16 heteroatoms. The Morgan fingerprint density at radius 1 is 0.938 bits per heavy atom. The first-order valence-electron chi connectivity index (χ1n) is 31.1. The molecule has 3 saturated heterocycles. The summed E-state index contributed by atoms with van der Waals surface area (Å²) in [6.45, 7) is 10.1. The average molecular weight is 1160 g/mol. The smallest absolute Gasteiger partial charge is 0.332 e. The Morgan fingerprint density at radius 2 is 1.70 bits per heavy atom. The van der Waals surface area contributed by atoms with Crippen molar-refractivity contribution in [2.45, 2.75) is 203 Å². The van der Waals surface area contributed by atoms with Crippen LogP contribution in [-0.4, -0.2) is 123 Å². The number of hydrogen-bond acceptors (Lipinski definition) is 15. The van der Waals surface area contributed by atoms with E-state index in [-0.39, 0.29) is 83.3 Å². The summed E-state index contributed by atoms with van der Waals surface area (Å²) < 4.78 is 20.8. The van der Waals surface area contributed by atoms with E-state index in [2.05, 4.69) is 47.7 Å². The van der Waals surface area contributed by atoms with Gasteiger partial charge in [0, 0.05) is 90.4 Å². The summed E-state index contributed by atoms with van der Waals surface area (Å²) >= 11 is 0. The molecule has 2 aromatic rings. The van der Waals surface area contributed by atoms with E-state index in [1.165, 1.54) is 6.92 Å².